The first kappa shape index (κ1) is 6.26. The summed E-state index contributed by atoms with van der Waals surface area (Å²) >= 11 is 0. The van der Waals surface area contributed by atoms with E-state index < -0.39 is 0 Å². The van der Waals surface area contributed by atoms with Crippen LogP contribution in [-0.4, -0.2) is 29.7 Å². The maximum atomic E-state index is 10.6. The van der Waals surface area contributed by atoms with Crippen LogP contribution in [0.15, 0.2) is 0 Å². The number of ketones is 1. The molecule has 1 rings (SSSR count). The lowest BCUT2D eigenvalue weighted by atomic mass is 10.4. The normalized spacial score (nSPS) is 18.8. The summed E-state index contributed by atoms with van der Waals surface area (Å²) < 4.78 is 0. The van der Waals surface area contributed by atoms with E-state index >= 15 is 0 Å². The number of nitrogens with zero attached hydrogens (tertiary/aromatic N) is 1. The van der Waals surface area contributed by atoms with Crippen LogP contribution in [0.2, 0.25) is 0 Å². The fourth-order valence-corrected chi connectivity index (χ4v) is 0.899. The molecule has 3 heteroatoms. The summed E-state index contributed by atoms with van der Waals surface area (Å²) in [4.78, 5) is 22.7. The van der Waals surface area contributed by atoms with E-state index in [1.165, 1.54) is 6.92 Å². The molecule has 1 fully saturated rings. The van der Waals surface area contributed by atoms with Gasteiger partial charge in [-0.1, -0.05) is 0 Å². The van der Waals surface area contributed by atoms with Gasteiger partial charge in [0.2, 0.25) is 5.91 Å². The van der Waals surface area contributed by atoms with Crippen LogP contribution in [-0.2, 0) is 9.59 Å². The topological polar surface area (TPSA) is 37.4 Å². The van der Waals surface area contributed by atoms with Gasteiger partial charge < -0.3 is 4.90 Å². The number of likely N-dealkylation sites (tertiary alicyclic amines) is 1. The molecule has 3 nitrogen and oxygen atoms in total. The molecule has 0 aliphatic carbocycles. The van der Waals surface area contributed by atoms with E-state index in [1.54, 1.807) is 4.90 Å². The van der Waals surface area contributed by atoms with Gasteiger partial charge in [0.15, 0.2) is 5.78 Å². The van der Waals surface area contributed by atoms with Gasteiger partial charge in [0, 0.05) is 19.9 Å². The molecule has 0 aromatic rings. The zero-order valence-corrected chi connectivity index (χ0v) is 5.39. The number of carbonyl (C=O) groups excluding carboxylic acids is 2. The summed E-state index contributed by atoms with van der Waals surface area (Å²) in [5.41, 5.74) is 0. The summed E-state index contributed by atoms with van der Waals surface area (Å²) in [7, 11) is 0. The highest BCUT2D eigenvalue weighted by Gasteiger charge is 2.20. The fraction of sp³-hybridized carbons (Fsp3) is 0.667. The van der Waals surface area contributed by atoms with Gasteiger partial charge in [-0.3, -0.25) is 9.59 Å². The number of hydrogen-bond donors (Lipinski definition) is 0. The van der Waals surface area contributed by atoms with Crippen LogP contribution >= 0.6 is 0 Å². The van der Waals surface area contributed by atoms with Crippen molar-refractivity contribution in [1.82, 2.24) is 4.90 Å². The van der Waals surface area contributed by atoms with E-state index in [0.717, 1.165) is 0 Å². The number of rotatable bonds is 0. The highest BCUT2D eigenvalue weighted by molar-refractivity contribution is 5.88. The summed E-state index contributed by atoms with van der Waals surface area (Å²) in [6.45, 7) is 2.43. The van der Waals surface area contributed by atoms with E-state index in [4.69, 9.17) is 0 Å². The molecule has 0 N–H and O–H groups in total. The molecule has 0 radical (unpaired) electrons. The summed E-state index contributed by atoms with van der Waals surface area (Å²) in [5.74, 6) is 0.172. The van der Waals surface area contributed by atoms with E-state index in [0.29, 0.717) is 19.5 Å². The van der Waals surface area contributed by atoms with Crippen molar-refractivity contribution >= 4 is 11.7 Å². The molecule has 0 bridgehead atoms. The summed E-state index contributed by atoms with van der Waals surface area (Å²) in [5, 5.41) is 0. The first-order chi connectivity index (χ1) is 4.20. The monoisotopic (exact) mass is 127 g/mol. The molecule has 1 aliphatic heterocycles. The molecule has 9 heavy (non-hydrogen) atoms. The Morgan fingerprint density at radius 3 is 2.56 bits per heavy atom. The Balaban J connectivity index is 2.48. The SMILES string of the molecule is CC(=O)N1CCC(=O)C1. The van der Waals surface area contributed by atoms with Gasteiger partial charge in [0.25, 0.3) is 0 Å². The van der Waals surface area contributed by atoms with Gasteiger partial charge in [-0.15, -0.1) is 0 Å². The van der Waals surface area contributed by atoms with Crippen molar-refractivity contribution < 1.29 is 9.59 Å². The highest BCUT2D eigenvalue weighted by atomic mass is 16.2. The van der Waals surface area contributed by atoms with Crippen LogP contribution in [0.25, 0.3) is 0 Å². The van der Waals surface area contributed by atoms with Crippen LogP contribution in [0.4, 0.5) is 0 Å². The molecule has 0 aromatic carbocycles. The molecular weight excluding hydrogens is 118 g/mol. The zero-order chi connectivity index (χ0) is 6.85. The van der Waals surface area contributed by atoms with Gasteiger partial charge in [-0.25, -0.2) is 0 Å². The van der Waals surface area contributed by atoms with E-state index in [9.17, 15) is 9.59 Å². The van der Waals surface area contributed by atoms with Gasteiger partial charge >= 0.3 is 0 Å². The maximum absolute atomic E-state index is 10.6. The van der Waals surface area contributed by atoms with Crippen molar-refractivity contribution in [3.8, 4) is 0 Å². The van der Waals surface area contributed by atoms with E-state index in [-0.39, 0.29) is 11.7 Å². The first-order valence-corrected chi connectivity index (χ1v) is 2.97. The van der Waals surface area contributed by atoms with Gasteiger partial charge in [-0.2, -0.15) is 0 Å². The largest absolute Gasteiger partial charge is 0.335 e. The van der Waals surface area contributed by atoms with Crippen LogP contribution < -0.4 is 0 Å². The first-order valence-electron chi connectivity index (χ1n) is 2.97. The molecule has 0 spiro atoms. The predicted molar refractivity (Wildman–Crippen MR) is 31.9 cm³/mol. The number of amides is 1. The molecular formula is C6H9NO2. The quantitative estimate of drug-likeness (QED) is 0.452. The van der Waals surface area contributed by atoms with Crippen molar-refractivity contribution in [3.05, 3.63) is 0 Å². The molecule has 50 valence electrons. The molecule has 1 aliphatic rings. The van der Waals surface area contributed by atoms with Gasteiger partial charge in [-0.05, 0) is 0 Å². The van der Waals surface area contributed by atoms with Crippen molar-refractivity contribution in [3.63, 3.8) is 0 Å². The van der Waals surface area contributed by atoms with E-state index in [2.05, 4.69) is 0 Å². The van der Waals surface area contributed by atoms with Crippen LogP contribution in [0.3, 0.4) is 0 Å². The minimum absolute atomic E-state index is 0.000787. The third kappa shape index (κ3) is 1.28. The lowest BCUT2D eigenvalue weighted by Gasteiger charge is -2.08. The Morgan fingerprint density at radius 2 is 2.33 bits per heavy atom. The second-order valence-electron chi connectivity index (χ2n) is 2.23. The lowest BCUT2D eigenvalue weighted by Crippen LogP contribution is -2.25. The zero-order valence-electron chi connectivity index (χ0n) is 5.39. The van der Waals surface area contributed by atoms with Gasteiger partial charge in [0.05, 0.1) is 6.54 Å². The van der Waals surface area contributed by atoms with Crippen molar-refractivity contribution in [2.45, 2.75) is 13.3 Å². The summed E-state index contributed by atoms with van der Waals surface area (Å²) in [6.07, 6.45) is 0.541. The Labute approximate surface area is 53.6 Å². The van der Waals surface area contributed by atoms with Crippen LogP contribution in [0.5, 0.6) is 0 Å². The fourth-order valence-electron chi connectivity index (χ4n) is 0.899. The molecule has 1 heterocycles. The summed E-state index contributed by atoms with van der Waals surface area (Å²) in [6, 6.07) is 0. The Morgan fingerprint density at radius 1 is 1.67 bits per heavy atom. The van der Waals surface area contributed by atoms with Crippen LogP contribution in [0, 0.1) is 0 Å². The number of hydrogen-bond acceptors (Lipinski definition) is 2. The lowest BCUT2D eigenvalue weighted by molar-refractivity contribution is -0.129. The second kappa shape index (κ2) is 2.17. The highest BCUT2D eigenvalue weighted by Crippen LogP contribution is 2.02. The van der Waals surface area contributed by atoms with Crippen molar-refractivity contribution in [1.29, 1.82) is 0 Å². The molecule has 1 saturated heterocycles. The van der Waals surface area contributed by atoms with E-state index in [1.807, 2.05) is 0 Å². The van der Waals surface area contributed by atoms with Gasteiger partial charge in [0.1, 0.15) is 0 Å². The third-order valence-electron chi connectivity index (χ3n) is 1.47. The standard InChI is InChI=1S/C6H9NO2/c1-5(8)7-3-2-6(9)4-7/h2-4H2,1H3. The molecule has 1 amide bonds. The van der Waals surface area contributed by atoms with Crippen molar-refractivity contribution in [2.75, 3.05) is 13.1 Å². The Hall–Kier alpha value is -0.860. The predicted octanol–water partition coefficient (Wildman–Crippen LogP) is -0.192. The molecule has 0 atom stereocenters. The Kier molecular flexibility index (Phi) is 1.51. The minimum atomic E-state index is 0.000787. The number of carbonyl (C=O) groups is 2. The average Bonchev–Trinajstić information content (AvgIpc) is 2.14. The minimum Gasteiger partial charge on any atom is -0.335 e. The molecule has 0 saturated carbocycles. The average molecular weight is 127 g/mol. The molecule has 0 aromatic heterocycles. The Bertz CT molecular complexity index is 153. The second-order valence-corrected chi connectivity index (χ2v) is 2.23. The molecule has 0 unspecified atom stereocenters. The maximum Gasteiger partial charge on any atom is 0.219 e. The van der Waals surface area contributed by atoms with Crippen LogP contribution in [0.1, 0.15) is 13.3 Å². The number of Topliss-reactive ketones (excluding diaryl/α,β-unsaturated/α-hetero) is 1. The van der Waals surface area contributed by atoms with Crippen molar-refractivity contribution in [2.24, 2.45) is 0 Å². The third-order valence-corrected chi connectivity index (χ3v) is 1.47. The smallest absolute Gasteiger partial charge is 0.219 e.